The number of nitrogens with two attached hydrogens (primary N) is 2. The van der Waals surface area contributed by atoms with Crippen LogP contribution in [0.4, 0.5) is 11.8 Å². The molecule has 1 saturated carbocycles. The third-order valence-corrected chi connectivity index (χ3v) is 13.1. The highest BCUT2D eigenvalue weighted by Gasteiger charge is 2.59. The van der Waals surface area contributed by atoms with Gasteiger partial charge in [-0.15, -0.1) is 5.10 Å². The molecule has 7 heterocycles. The lowest BCUT2D eigenvalue weighted by Gasteiger charge is -2.36. The molecule has 4 fully saturated rings. The molecule has 4 aliphatic rings. The van der Waals surface area contributed by atoms with Gasteiger partial charge in [0.2, 0.25) is 5.95 Å². The van der Waals surface area contributed by atoms with E-state index in [1.54, 1.807) is 0 Å². The summed E-state index contributed by atoms with van der Waals surface area (Å²) in [4.78, 5) is 50.0. The molecule has 0 amide bonds. The highest BCUT2D eigenvalue weighted by molar-refractivity contribution is 7.54. The van der Waals surface area contributed by atoms with E-state index in [0.29, 0.717) is 28.8 Å². The first-order chi connectivity index (χ1) is 23.3. The second-order valence-electron chi connectivity index (χ2n) is 12.1. The molecule has 2 unspecified atom stereocenters. The van der Waals surface area contributed by atoms with Crippen LogP contribution in [-0.4, -0.2) is 103 Å². The molecule has 3 saturated heterocycles. The maximum atomic E-state index is 14.3. The average molecular weight is 745 g/mol. The number of aromatic amines is 1. The molecule has 4 aromatic rings. The molecule has 264 valence electrons. The molecular weight excluding hydrogens is 714 g/mol. The number of H-pyrrole nitrogens is 1. The summed E-state index contributed by atoms with van der Waals surface area (Å²) in [6, 6.07) is 0. The fourth-order valence-corrected chi connectivity index (χ4v) is 10.4. The Kier molecular flexibility index (Phi) is 8.13. The summed E-state index contributed by atoms with van der Waals surface area (Å²) in [5, 5.41) is 17.3. The molecular formula is C24H30N10O12P2S. The number of aliphatic hydroxyl groups excluding tert-OH is 1. The molecule has 4 aromatic heterocycles. The quantitative estimate of drug-likeness (QED) is 0.150. The first kappa shape index (κ1) is 33.1. The van der Waals surface area contributed by atoms with Gasteiger partial charge in [-0.3, -0.25) is 27.9 Å². The number of phosphoric ester groups is 1. The van der Waals surface area contributed by atoms with E-state index in [-0.39, 0.29) is 48.8 Å². The Morgan fingerprint density at radius 1 is 1.02 bits per heavy atom. The number of hydrogen-bond acceptors (Lipinski definition) is 19. The Hall–Kier alpha value is -3.05. The number of hydrogen-bond donors (Lipinski definition) is 6. The maximum Gasteiger partial charge on any atom is 0.472 e. The zero-order valence-electron chi connectivity index (χ0n) is 25.2. The molecule has 0 radical (unpaired) electrons. The van der Waals surface area contributed by atoms with Gasteiger partial charge in [0, 0.05) is 6.42 Å². The number of nitrogens with zero attached hydrogens (tertiary/aromatic N) is 7. The van der Waals surface area contributed by atoms with Crippen molar-refractivity contribution in [1.29, 1.82) is 0 Å². The number of nitrogens with one attached hydrogen (secondary N) is 1. The van der Waals surface area contributed by atoms with Gasteiger partial charge in [-0.25, -0.2) is 14.5 Å². The lowest BCUT2D eigenvalue weighted by molar-refractivity contribution is -0.0899. The minimum atomic E-state index is -4.88. The van der Waals surface area contributed by atoms with E-state index in [0.717, 1.165) is 16.2 Å². The number of rotatable bonds is 2. The van der Waals surface area contributed by atoms with Gasteiger partial charge in [-0.2, -0.15) is 14.0 Å². The topological polar surface area (TPSA) is 317 Å². The van der Waals surface area contributed by atoms with Gasteiger partial charge in [0.1, 0.15) is 47.9 Å². The van der Waals surface area contributed by atoms with E-state index in [2.05, 4.69) is 34.6 Å². The number of anilines is 2. The number of aromatic nitrogens is 8. The van der Waals surface area contributed by atoms with E-state index in [9.17, 15) is 28.8 Å². The summed E-state index contributed by atoms with van der Waals surface area (Å²) in [6.45, 7) is -1.08. The van der Waals surface area contributed by atoms with Crippen molar-refractivity contribution in [2.24, 2.45) is 0 Å². The molecule has 25 heteroatoms. The van der Waals surface area contributed by atoms with Gasteiger partial charge in [-0.05, 0) is 37.2 Å². The number of fused-ring (bicyclic) bond motifs is 5. The van der Waals surface area contributed by atoms with E-state index in [1.165, 1.54) is 6.33 Å². The lowest BCUT2D eigenvalue weighted by atomic mass is 10.1. The number of aliphatic hydroxyl groups is 1. The highest BCUT2D eigenvalue weighted by Crippen LogP contribution is 2.65. The van der Waals surface area contributed by atoms with Crippen LogP contribution in [0.2, 0.25) is 0 Å². The predicted molar refractivity (Wildman–Crippen MR) is 165 cm³/mol. The summed E-state index contributed by atoms with van der Waals surface area (Å²) >= 11 is 1.07. The molecule has 2 bridgehead atoms. The van der Waals surface area contributed by atoms with Crippen molar-refractivity contribution in [2.75, 3.05) is 24.7 Å². The Bertz CT molecular complexity index is 2070. The fraction of sp³-hybridized carbons (Fsp3) is 0.625. The molecule has 0 aromatic carbocycles. The second-order valence-corrected chi connectivity index (χ2v) is 16.4. The van der Waals surface area contributed by atoms with Crippen LogP contribution in [0.3, 0.4) is 0 Å². The van der Waals surface area contributed by atoms with Gasteiger partial charge in [-0.1, -0.05) is 5.21 Å². The first-order valence-corrected chi connectivity index (χ1v) is 19.0. The Labute approximate surface area is 278 Å². The Morgan fingerprint density at radius 2 is 1.82 bits per heavy atom. The van der Waals surface area contributed by atoms with Gasteiger partial charge in [0.15, 0.2) is 28.6 Å². The predicted octanol–water partition coefficient (Wildman–Crippen LogP) is 0.240. The van der Waals surface area contributed by atoms with Crippen LogP contribution < -0.4 is 17.0 Å². The number of phosphoric acid groups is 1. The SMILES string of the molecule is Nc1nc2c(nnn2[C@@H]2O[C@@H]3COP(=O)(O)O[C@H]4C[C@H](c5snc6c(N)ncnc56)O[C@@H]4COC4(CCCC4)P(=O)(O)O[C@@H]2[C@@H]3O)c(=O)[nH]1. The summed E-state index contributed by atoms with van der Waals surface area (Å²) in [5.74, 6) is -0.110. The summed E-state index contributed by atoms with van der Waals surface area (Å²) < 4.78 is 68.1. The van der Waals surface area contributed by atoms with Crippen LogP contribution in [0.1, 0.15) is 49.3 Å². The molecule has 22 nitrogen and oxygen atoms in total. The van der Waals surface area contributed by atoms with Crippen LogP contribution >= 0.6 is 27.0 Å². The molecule has 1 spiro atoms. The van der Waals surface area contributed by atoms with Crippen molar-refractivity contribution >= 4 is 60.9 Å². The minimum absolute atomic E-state index is 0.0325. The van der Waals surface area contributed by atoms with Crippen molar-refractivity contribution in [3.8, 4) is 0 Å². The van der Waals surface area contributed by atoms with E-state index < -0.39 is 75.8 Å². The third-order valence-electron chi connectivity index (χ3n) is 9.07. The van der Waals surface area contributed by atoms with Crippen molar-refractivity contribution in [1.82, 2.24) is 39.3 Å². The smallest absolute Gasteiger partial charge is 0.387 e. The lowest BCUT2D eigenvalue weighted by Crippen LogP contribution is -2.41. The van der Waals surface area contributed by atoms with Crippen LogP contribution in [0, 0.1) is 0 Å². The van der Waals surface area contributed by atoms with Gasteiger partial charge in [0.05, 0.1) is 24.2 Å². The van der Waals surface area contributed by atoms with Crippen LogP contribution in [0.25, 0.3) is 22.2 Å². The zero-order chi connectivity index (χ0) is 34.3. The first-order valence-electron chi connectivity index (χ1n) is 15.1. The summed E-state index contributed by atoms with van der Waals surface area (Å²) in [6.07, 6.45) is -6.64. The zero-order valence-corrected chi connectivity index (χ0v) is 27.8. The molecule has 49 heavy (non-hydrogen) atoms. The molecule has 8 N–H and O–H groups in total. The molecule has 8 rings (SSSR count). The second kappa shape index (κ2) is 12.0. The monoisotopic (exact) mass is 744 g/mol. The highest BCUT2D eigenvalue weighted by atomic mass is 32.1. The van der Waals surface area contributed by atoms with Gasteiger partial charge >= 0.3 is 15.4 Å². The fourth-order valence-electron chi connectivity index (χ4n) is 6.65. The van der Waals surface area contributed by atoms with Crippen LogP contribution in [0.15, 0.2) is 11.1 Å². The van der Waals surface area contributed by atoms with Crippen LogP contribution in [-0.2, 0) is 36.9 Å². The summed E-state index contributed by atoms with van der Waals surface area (Å²) in [7, 11) is -9.71. The standard InChI is InChI=1S/C24H30N10O12P2S/c25-19-14-13(27-8-28-19)18(49-32-14)10-5-9-11(43-10)6-41-24(3-1-2-4-24)47(37,38)46-17-16(35)12(7-42-48(39,40)45-9)44-22(17)34-20-15(31-33-34)21(36)30-23(26)29-20/h8-12,16-17,22,35H,1-7H2,(H,37,38)(H,39,40)(H2,25,27,28)(H3,26,29,30,36)/t9-,10+,11+,12+,16+,17+,22+/m0/s1. The third kappa shape index (κ3) is 5.67. The van der Waals surface area contributed by atoms with Crippen molar-refractivity contribution < 1.29 is 51.8 Å². The van der Waals surface area contributed by atoms with E-state index in [1.807, 2.05) is 0 Å². The molecule has 1 aliphatic carbocycles. The largest absolute Gasteiger partial charge is 0.472 e. The number of nitrogen functional groups attached to an aromatic ring is 2. The average Bonchev–Trinajstić information content (AvgIpc) is 3.87. The van der Waals surface area contributed by atoms with Gasteiger partial charge < -0.3 is 40.6 Å². The van der Waals surface area contributed by atoms with Crippen molar-refractivity contribution in [3.05, 3.63) is 21.6 Å². The van der Waals surface area contributed by atoms with Crippen molar-refractivity contribution in [3.63, 3.8) is 0 Å². The van der Waals surface area contributed by atoms with Gasteiger partial charge in [0.25, 0.3) is 5.56 Å². The van der Waals surface area contributed by atoms with Crippen molar-refractivity contribution in [2.45, 2.75) is 80.3 Å². The normalized spacial score (nSPS) is 36.8. The molecule has 9 atom stereocenters. The van der Waals surface area contributed by atoms with E-state index in [4.69, 9.17) is 39.2 Å². The number of ether oxygens (including phenoxy) is 3. The Morgan fingerprint density at radius 3 is 2.61 bits per heavy atom. The summed E-state index contributed by atoms with van der Waals surface area (Å²) in [5.41, 5.74) is 11.4. The Balaban J connectivity index is 1.14. The van der Waals surface area contributed by atoms with E-state index >= 15 is 0 Å². The molecule has 3 aliphatic heterocycles. The van der Waals surface area contributed by atoms with Crippen LogP contribution in [0.5, 0.6) is 0 Å². The maximum absolute atomic E-state index is 14.3. The minimum Gasteiger partial charge on any atom is -0.387 e.